The normalized spacial score (nSPS) is 11.0. The lowest BCUT2D eigenvalue weighted by molar-refractivity contribution is 0.665. The van der Waals surface area contributed by atoms with Crippen LogP contribution in [0.2, 0.25) is 0 Å². The number of thiazole rings is 1. The van der Waals surface area contributed by atoms with Gasteiger partial charge in [0.05, 0.1) is 29.3 Å². The average molecular weight is 264 g/mol. The third-order valence-corrected chi connectivity index (χ3v) is 3.71. The maximum absolute atomic E-state index is 4.56. The zero-order valence-corrected chi connectivity index (χ0v) is 11.8. The predicted octanol–water partition coefficient (Wildman–Crippen LogP) is 2.45. The average Bonchev–Trinajstić information content (AvgIpc) is 3.00. The van der Waals surface area contributed by atoms with Crippen molar-refractivity contribution in [3.63, 3.8) is 0 Å². The molecule has 0 aliphatic heterocycles. The van der Waals surface area contributed by atoms with Crippen molar-refractivity contribution in [2.24, 2.45) is 0 Å². The van der Waals surface area contributed by atoms with Crippen molar-refractivity contribution >= 4 is 11.3 Å². The van der Waals surface area contributed by atoms with Crippen LogP contribution >= 0.6 is 11.3 Å². The van der Waals surface area contributed by atoms with Gasteiger partial charge in [-0.2, -0.15) is 0 Å². The molecule has 0 atom stereocenters. The van der Waals surface area contributed by atoms with Crippen LogP contribution in [-0.4, -0.2) is 21.1 Å². The Labute approximate surface area is 112 Å². The van der Waals surface area contributed by atoms with Crippen molar-refractivity contribution in [1.82, 2.24) is 19.9 Å². The molecule has 4 nitrogen and oxygen atoms in total. The van der Waals surface area contributed by atoms with Gasteiger partial charge in [-0.15, -0.1) is 11.3 Å². The van der Waals surface area contributed by atoms with Crippen molar-refractivity contribution in [2.45, 2.75) is 39.8 Å². The molecule has 0 aliphatic rings. The first-order valence-electron chi connectivity index (χ1n) is 6.46. The summed E-state index contributed by atoms with van der Waals surface area (Å²) in [5.41, 5.74) is 2.22. The first-order valence-corrected chi connectivity index (χ1v) is 7.34. The van der Waals surface area contributed by atoms with E-state index in [-0.39, 0.29) is 0 Å². The lowest BCUT2D eigenvalue weighted by atomic mass is 10.4. The van der Waals surface area contributed by atoms with E-state index in [1.165, 1.54) is 5.01 Å². The Balaban J connectivity index is 1.89. The zero-order valence-electron chi connectivity index (χ0n) is 11.0. The summed E-state index contributed by atoms with van der Waals surface area (Å²) in [4.78, 5) is 8.95. The largest absolute Gasteiger partial charge is 0.331 e. The second kappa shape index (κ2) is 6.66. The van der Waals surface area contributed by atoms with E-state index >= 15 is 0 Å². The lowest BCUT2D eigenvalue weighted by Gasteiger charge is -1.99. The summed E-state index contributed by atoms with van der Waals surface area (Å²) < 4.78 is 2.09. The maximum Gasteiger partial charge on any atom is 0.0953 e. The smallest absolute Gasteiger partial charge is 0.0953 e. The molecular formula is C13H20N4S. The van der Waals surface area contributed by atoms with E-state index in [9.17, 15) is 0 Å². The number of rotatable bonds is 7. The second-order valence-electron chi connectivity index (χ2n) is 4.30. The molecule has 0 fully saturated rings. The Morgan fingerprint density at radius 3 is 2.94 bits per heavy atom. The number of aryl methyl sites for hydroxylation is 1. The summed E-state index contributed by atoms with van der Waals surface area (Å²) in [6.45, 7) is 7.00. The van der Waals surface area contributed by atoms with Gasteiger partial charge in [-0.05, 0) is 19.4 Å². The van der Waals surface area contributed by atoms with E-state index in [0.29, 0.717) is 0 Å². The molecule has 0 aromatic carbocycles. The lowest BCUT2D eigenvalue weighted by Crippen LogP contribution is -2.13. The van der Waals surface area contributed by atoms with Crippen LogP contribution in [0, 0.1) is 0 Å². The van der Waals surface area contributed by atoms with Gasteiger partial charge in [-0.1, -0.05) is 13.8 Å². The highest BCUT2D eigenvalue weighted by molar-refractivity contribution is 7.09. The van der Waals surface area contributed by atoms with Crippen LogP contribution in [0.25, 0.3) is 0 Å². The predicted molar refractivity (Wildman–Crippen MR) is 74.8 cm³/mol. The van der Waals surface area contributed by atoms with Crippen molar-refractivity contribution < 1.29 is 0 Å². The molecule has 0 aliphatic carbocycles. The molecule has 18 heavy (non-hydrogen) atoms. The fraction of sp³-hybridized carbons (Fsp3) is 0.538. The molecule has 0 radical (unpaired) electrons. The van der Waals surface area contributed by atoms with E-state index in [1.807, 2.05) is 6.33 Å². The van der Waals surface area contributed by atoms with Crippen molar-refractivity contribution in [3.8, 4) is 0 Å². The van der Waals surface area contributed by atoms with Gasteiger partial charge >= 0.3 is 0 Å². The topological polar surface area (TPSA) is 42.7 Å². The van der Waals surface area contributed by atoms with E-state index in [2.05, 4.69) is 45.3 Å². The number of nitrogens with one attached hydrogen (secondary N) is 1. The second-order valence-corrected chi connectivity index (χ2v) is 5.24. The Bertz CT molecular complexity index is 475. The number of hydrogen-bond donors (Lipinski definition) is 1. The van der Waals surface area contributed by atoms with Crippen LogP contribution in [0.15, 0.2) is 17.9 Å². The van der Waals surface area contributed by atoms with Crippen LogP contribution < -0.4 is 5.32 Å². The monoisotopic (exact) mass is 264 g/mol. The molecular weight excluding hydrogens is 244 g/mol. The van der Waals surface area contributed by atoms with Gasteiger partial charge in [-0.25, -0.2) is 9.97 Å². The minimum Gasteiger partial charge on any atom is -0.331 e. The highest BCUT2D eigenvalue weighted by Crippen LogP contribution is 2.11. The van der Waals surface area contributed by atoms with E-state index < -0.39 is 0 Å². The summed E-state index contributed by atoms with van der Waals surface area (Å²) >= 11 is 1.74. The molecule has 2 aromatic heterocycles. The highest BCUT2D eigenvalue weighted by Gasteiger charge is 2.03. The molecule has 0 spiro atoms. The molecule has 2 heterocycles. The highest BCUT2D eigenvalue weighted by atomic mass is 32.1. The number of imidazole rings is 1. The van der Waals surface area contributed by atoms with Gasteiger partial charge in [0, 0.05) is 18.1 Å². The first kappa shape index (κ1) is 13.2. The number of nitrogens with zero attached hydrogens (tertiary/aromatic N) is 3. The molecule has 0 amide bonds. The van der Waals surface area contributed by atoms with Crippen molar-refractivity contribution in [1.29, 1.82) is 0 Å². The van der Waals surface area contributed by atoms with Gasteiger partial charge < -0.3 is 9.88 Å². The molecule has 1 N–H and O–H groups in total. The van der Waals surface area contributed by atoms with Crippen molar-refractivity contribution in [3.05, 3.63) is 34.3 Å². The van der Waals surface area contributed by atoms with E-state index in [4.69, 9.17) is 0 Å². The molecule has 2 rings (SSSR count). The Morgan fingerprint density at radius 2 is 2.22 bits per heavy atom. The summed E-state index contributed by atoms with van der Waals surface area (Å²) in [5, 5.41) is 6.69. The Hall–Kier alpha value is -1.20. The van der Waals surface area contributed by atoms with Crippen LogP contribution in [0.3, 0.4) is 0 Å². The van der Waals surface area contributed by atoms with E-state index in [1.54, 1.807) is 11.3 Å². The fourth-order valence-electron chi connectivity index (χ4n) is 1.75. The summed E-state index contributed by atoms with van der Waals surface area (Å²) in [6.07, 6.45) is 6.14. The van der Waals surface area contributed by atoms with Gasteiger partial charge in [0.25, 0.3) is 0 Å². The summed E-state index contributed by atoms with van der Waals surface area (Å²) in [6, 6.07) is 0. The Morgan fingerprint density at radius 1 is 1.33 bits per heavy atom. The quantitative estimate of drug-likeness (QED) is 0.781. The number of aromatic nitrogens is 3. The molecule has 0 unspecified atom stereocenters. The molecule has 5 heteroatoms. The minimum atomic E-state index is 0.817. The third kappa shape index (κ3) is 3.65. The van der Waals surface area contributed by atoms with Crippen LogP contribution in [0.4, 0.5) is 0 Å². The summed E-state index contributed by atoms with van der Waals surface area (Å²) in [7, 11) is 0. The molecule has 0 saturated heterocycles. The van der Waals surface area contributed by atoms with E-state index in [0.717, 1.165) is 43.9 Å². The maximum atomic E-state index is 4.56. The summed E-state index contributed by atoms with van der Waals surface area (Å²) in [5.74, 6) is 0. The van der Waals surface area contributed by atoms with Crippen LogP contribution in [0.1, 0.15) is 36.7 Å². The molecule has 2 aromatic rings. The third-order valence-electron chi connectivity index (χ3n) is 2.67. The minimum absolute atomic E-state index is 0.817. The molecule has 98 valence electrons. The van der Waals surface area contributed by atoms with Gasteiger partial charge in [0.2, 0.25) is 0 Å². The zero-order chi connectivity index (χ0) is 12.8. The van der Waals surface area contributed by atoms with Crippen molar-refractivity contribution in [2.75, 3.05) is 6.54 Å². The van der Waals surface area contributed by atoms with Gasteiger partial charge in [0.1, 0.15) is 0 Å². The SMILES string of the molecule is CCCNCc1cn(Cc2csc(CC)n2)cn1. The standard InChI is InChI=1S/C13H20N4S/c1-3-5-14-6-11-7-17(10-15-11)8-12-9-18-13(4-2)16-12/h7,9-10,14H,3-6,8H2,1-2H3. The first-order chi connectivity index (χ1) is 8.81. The fourth-order valence-corrected chi connectivity index (χ4v) is 2.48. The van der Waals surface area contributed by atoms with Crippen LogP contribution in [-0.2, 0) is 19.5 Å². The molecule has 0 saturated carbocycles. The van der Waals surface area contributed by atoms with Gasteiger partial charge in [0.15, 0.2) is 0 Å². The molecule has 0 bridgehead atoms. The number of hydrogen-bond acceptors (Lipinski definition) is 4. The van der Waals surface area contributed by atoms with Gasteiger partial charge in [-0.3, -0.25) is 0 Å². The van der Waals surface area contributed by atoms with Crippen LogP contribution in [0.5, 0.6) is 0 Å². The Kier molecular flexibility index (Phi) is 4.90.